The number of likely N-dealkylation sites (N-methyl/N-ethyl adjacent to an activating group) is 1. The van der Waals surface area contributed by atoms with E-state index in [1.165, 1.54) is 24.3 Å². The molecule has 0 aromatic heterocycles. The van der Waals surface area contributed by atoms with Crippen LogP contribution in [0.2, 0.25) is 0 Å². The molecule has 0 aliphatic carbocycles. The molecular weight excluding hydrogens is 373 g/mol. The van der Waals surface area contributed by atoms with E-state index in [-0.39, 0.29) is 29.7 Å². The molecule has 1 aliphatic rings. The molecule has 8 heteroatoms. The quantitative estimate of drug-likeness (QED) is 0.588. The van der Waals surface area contributed by atoms with Crippen molar-refractivity contribution in [2.75, 3.05) is 20.1 Å². The van der Waals surface area contributed by atoms with Crippen molar-refractivity contribution >= 4 is 18.1 Å². The first-order valence-electron chi connectivity index (χ1n) is 8.65. The van der Waals surface area contributed by atoms with Crippen molar-refractivity contribution in [1.29, 1.82) is 0 Å². The Labute approximate surface area is 163 Å². The molecule has 2 aromatic carbocycles. The molecule has 0 amide bonds. The Morgan fingerprint density at radius 2 is 2.04 bits per heavy atom. The monoisotopic (exact) mass is 395 g/mol. The van der Waals surface area contributed by atoms with Crippen molar-refractivity contribution in [2.24, 2.45) is 0 Å². The second kappa shape index (κ2) is 9.64. The van der Waals surface area contributed by atoms with Gasteiger partial charge in [-0.1, -0.05) is 6.07 Å². The number of likely N-dealkylation sites (tertiary alicyclic amines) is 1. The maximum absolute atomic E-state index is 13.0. The lowest BCUT2D eigenvalue weighted by atomic mass is 10.0. The average Bonchev–Trinajstić information content (AvgIpc) is 2.65. The highest BCUT2D eigenvalue weighted by molar-refractivity contribution is 5.85. The van der Waals surface area contributed by atoms with E-state index in [9.17, 15) is 14.5 Å². The van der Waals surface area contributed by atoms with Gasteiger partial charge in [-0.15, -0.1) is 12.4 Å². The van der Waals surface area contributed by atoms with Crippen LogP contribution in [0.3, 0.4) is 0 Å². The van der Waals surface area contributed by atoms with Crippen LogP contribution in [-0.4, -0.2) is 36.0 Å². The zero-order valence-electron chi connectivity index (χ0n) is 15.1. The third-order valence-corrected chi connectivity index (χ3v) is 4.58. The first-order chi connectivity index (χ1) is 12.5. The van der Waals surface area contributed by atoms with Gasteiger partial charge in [-0.2, -0.15) is 0 Å². The minimum absolute atomic E-state index is 0. The van der Waals surface area contributed by atoms with E-state index in [1.54, 1.807) is 12.1 Å². The average molecular weight is 396 g/mol. The Hall–Kier alpha value is -2.22. The lowest BCUT2D eigenvalue weighted by Crippen LogP contribution is -2.43. The number of rotatable bonds is 6. The number of piperidine rings is 1. The minimum atomic E-state index is -0.449. The van der Waals surface area contributed by atoms with Gasteiger partial charge in [0.15, 0.2) is 0 Å². The van der Waals surface area contributed by atoms with Crippen LogP contribution in [-0.2, 0) is 6.54 Å². The highest BCUT2D eigenvalue weighted by Gasteiger charge is 2.21. The summed E-state index contributed by atoms with van der Waals surface area (Å²) in [5.74, 6) is 0.121. The predicted molar refractivity (Wildman–Crippen MR) is 104 cm³/mol. The van der Waals surface area contributed by atoms with Crippen LogP contribution in [0.4, 0.5) is 10.1 Å². The Kier molecular flexibility index (Phi) is 7.53. The van der Waals surface area contributed by atoms with Gasteiger partial charge in [0.1, 0.15) is 11.6 Å². The molecule has 1 N–H and O–H groups in total. The standard InChI is InChI=1S/C19H22FN3O3.ClH/c1-21-16-3-2-10-22(13-16)12-14-4-9-19(18(11-14)23(24)25)26-17-7-5-15(20)6-8-17;/h4-9,11,16,21H,2-3,10,12-13H2,1H3;1H. The summed E-state index contributed by atoms with van der Waals surface area (Å²) in [7, 11) is 1.96. The Morgan fingerprint density at radius 3 is 2.70 bits per heavy atom. The molecule has 0 bridgehead atoms. The van der Waals surface area contributed by atoms with Gasteiger partial charge in [0, 0.05) is 25.2 Å². The molecule has 1 atom stereocenters. The fraction of sp³-hybridized carbons (Fsp3) is 0.368. The van der Waals surface area contributed by atoms with Crippen molar-refractivity contribution in [3.05, 3.63) is 64.0 Å². The summed E-state index contributed by atoms with van der Waals surface area (Å²) in [6.45, 7) is 2.58. The largest absolute Gasteiger partial charge is 0.450 e. The number of nitrogens with zero attached hydrogens (tertiary/aromatic N) is 2. The fourth-order valence-corrected chi connectivity index (χ4v) is 3.21. The van der Waals surface area contributed by atoms with Gasteiger partial charge in [-0.25, -0.2) is 4.39 Å². The molecule has 0 spiro atoms. The zero-order valence-corrected chi connectivity index (χ0v) is 15.9. The predicted octanol–water partition coefficient (Wildman–Crippen LogP) is 4.13. The molecule has 0 radical (unpaired) electrons. The summed E-state index contributed by atoms with van der Waals surface area (Å²) in [4.78, 5) is 13.3. The maximum atomic E-state index is 13.0. The van der Waals surface area contributed by atoms with E-state index in [0.29, 0.717) is 18.3 Å². The van der Waals surface area contributed by atoms with E-state index in [4.69, 9.17) is 4.74 Å². The number of hydrogen-bond donors (Lipinski definition) is 1. The van der Waals surface area contributed by atoms with E-state index < -0.39 is 4.92 Å². The molecule has 146 valence electrons. The number of ether oxygens (including phenoxy) is 1. The van der Waals surface area contributed by atoms with Gasteiger partial charge in [-0.05, 0) is 62.3 Å². The van der Waals surface area contributed by atoms with Gasteiger partial charge in [-0.3, -0.25) is 15.0 Å². The van der Waals surface area contributed by atoms with Crippen molar-refractivity contribution in [2.45, 2.75) is 25.4 Å². The summed E-state index contributed by atoms with van der Waals surface area (Å²) in [6.07, 6.45) is 2.26. The van der Waals surface area contributed by atoms with Gasteiger partial charge < -0.3 is 10.1 Å². The molecule has 1 unspecified atom stereocenters. The van der Waals surface area contributed by atoms with E-state index >= 15 is 0 Å². The van der Waals surface area contributed by atoms with Gasteiger partial charge in [0.05, 0.1) is 4.92 Å². The molecular formula is C19H23ClFN3O3. The molecule has 2 aromatic rings. The maximum Gasteiger partial charge on any atom is 0.311 e. The number of halogens is 2. The Bertz CT molecular complexity index is 773. The van der Waals surface area contributed by atoms with Gasteiger partial charge in [0.25, 0.3) is 0 Å². The second-order valence-corrected chi connectivity index (χ2v) is 6.48. The van der Waals surface area contributed by atoms with Crippen molar-refractivity contribution < 1.29 is 14.1 Å². The third kappa shape index (κ3) is 5.63. The summed E-state index contributed by atoms with van der Waals surface area (Å²) in [6, 6.07) is 10.9. The lowest BCUT2D eigenvalue weighted by molar-refractivity contribution is -0.385. The summed E-state index contributed by atoms with van der Waals surface area (Å²) < 4.78 is 18.6. The molecule has 27 heavy (non-hydrogen) atoms. The van der Waals surface area contributed by atoms with Crippen LogP contribution < -0.4 is 10.1 Å². The topological polar surface area (TPSA) is 67.6 Å². The van der Waals surface area contributed by atoms with Gasteiger partial charge >= 0.3 is 5.69 Å². The van der Waals surface area contributed by atoms with E-state index in [1.807, 2.05) is 13.1 Å². The second-order valence-electron chi connectivity index (χ2n) is 6.48. The van der Waals surface area contributed by atoms with E-state index in [0.717, 1.165) is 31.5 Å². The van der Waals surface area contributed by atoms with Crippen LogP contribution in [0, 0.1) is 15.9 Å². The van der Waals surface area contributed by atoms with E-state index in [2.05, 4.69) is 10.2 Å². The first kappa shape index (κ1) is 21.1. The molecule has 1 heterocycles. The molecule has 0 saturated carbocycles. The molecule has 1 aliphatic heterocycles. The zero-order chi connectivity index (χ0) is 18.5. The molecule has 6 nitrogen and oxygen atoms in total. The summed E-state index contributed by atoms with van der Waals surface area (Å²) >= 11 is 0. The Morgan fingerprint density at radius 1 is 1.30 bits per heavy atom. The minimum Gasteiger partial charge on any atom is -0.450 e. The van der Waals surface area contributed by atoms with Crippen LogP contribution >= 0.6 is 12.4 Å². The summed E-state index contributed by atoms with van der Waals surface area (Å²) in [5.41, 5.74) is 0.786. The molecule has 1 saturated heterocycles. The van der Waals surface area contributed by atoms with Crippen LogP contribution in [0.15, 0.2) is 42.5 Å². The molecule has 1 fully saturated rings. The Balaban J connectivity index is 0.00000261. The van der Waals surface area contributed by atoms with Gasteiger partial charge in [0.2, 0.25) is 5.75 Å². The highest BCUT2D eigenvalue weighted by atomic mass is 35.5. The van der Waals surface area contributed by atoms with Crippen LogP contribution in [0.5, 0.6) is 11.5 Å². The lowest BCUT2D eigenvalue weighted by Gasteiger charge is -2.32. The number of nitrogens with one attached hydrogen (secondary N) is 1. The first-order valence-corrected chi connectivity index (χ1v) is 8.65. The highest BCUT2D eigenvalue weighted by Crippen LogP contribution is 2.32. The summed E-state index contributed by atoms with van der Waals surface area (Å²) in [5, 5.41) is 14.7. The van der Waals surface area contributed by atoms with Crippen LogP contribution in [0.1, 0.15) is 18.4 Å². The third-order valence-electron chi connectivity index (χ3n) is 4.58. The number of benzene rings is 2. The number of nitro groups is 1. The number of hydrogen-bond acceptors (Lipinski definition) is 5. The molecule has 3 rings (SSSR count). The van der Waals surface area contributed by atoms with Crippen molar-refractivity contribution in [1.82, 2.24) is 10.2 Å². The van der Waals surface area contributed by atoms with Crippen LogP contribution in [0.25, 0.3) is 0 Å². The number of nitro benzene ring substituents is 1. The fourth-order valence-electron chi connectivity index (χ4n) is 3.21. The normalized spacial score (nSPS) is 17.2. The SMILES string of the molecule is CNC1CCCN(Cc2ccc(Oc3ccc(F)cc3)c([N+](=O)[O-])c2)C1.Cl. The van der Waals surface area contributed by atoms with Crippen molar-refractivity contribution in [3.63, 3.8) is 0 Å². The van der Waals surface area contributed by atoms with Crippen molar-refractivity contribution in [3.8, 4) is 11.5 Å². The smallest absolute Gasteiger partial charge is 0.311 e.